The number of alkyl carbamates (subject to hydrolysis) is 1. The molecule has 0 heterocycles. The van der Waals surface area contributed by atoms with E-state index in [1.165, 1.54) is 6.92 Å². The Morgan fingerprint density at radius 2 is 2.08 bits per heavy atom. The molecule has 0 aromatic rings. The van der Waals surface area contributed by atoms with Crippen LogP contribution in [0.5, 0.6) is 0 Å². The van der Waals surface area contributed by atoms with E-state index < -0.39 is 12.9 Å². The Hall–Kier alpha value is -1.79. The number of carbonyl (C=O) groups is 3. The molecule has 0 aromatic carbocycles. The molecule has 0 saturated heterocycles. The van der Waals surface area contributed by atoms with Crippen LogP contribution < -0.4 is 10.6 Å². The van der Waals surface area contributed by atoms with E-state index in [4.69, 9.17) is 0 Å². The highest BCUT2D eigenvalue weighted by molar-refractivity contribution is 5.73. The molecule has 0 saturated carbocycles. The molecule has 0 atom stereocenters. The van der Waals surface area contributed by atoms with Gasteiger partial charge in [0.25, 0.3) is 6.47 Å². The van der Waals surface area contributed by atoms with E-state index in [2.05, 4.69) is 20.1 Å². The summed E-state index contributed by atoms with van der Waals surface area (Å²) in [5.41, 5.74) is 0. The quantitative estimate of drug-likeness (QED) is 0.327. The van der Waals surface area contributed by atoms with Crippen molar-refractivity contribution in [1.29, 1.82) is 0 Å². The molecular formula is C6H10N2O5. The highest BCUT2D eigenvalue weighted by Crippen LogP contribution is 1.76. The van der Waals surface area contributed by atoms with Crippen molar-refractivity contribution in [2.45, 2.75) is 6.92 Å². The number of rotatable bonds is 5. The Labute approximate surface area is 74.4 Å². The van der Waals surface area contributed by atoms with Crippen LogP contribution in [0, 0.1) is 0 Å². The van der Waals surface area contributed by atoms with E-state index in [-0.39, 0.29) is 19.0 Å². The molecule has 0 fully saturated rings. The predicted octanol–water partition coefficient (Wildman–Crippen LogP) is -1.06. The molecule has 0 unspecified atom stereocenters. The zero-order valence-electron chi connectivity index (χ0n) is 7.03. The molecule has 2 amide bonds. The van der Waals surface area contributed by atoms with Gasteiger partial charge in [-0.1, -0.05) is 0 Å². The van der Waals surface area contributed by atoms with Crippen molar-refractivity contribution in [1.82, 2.24) is 10.6 Å². The highest BCUT2D eigenvalue weighted by Gasteiger charge is 1.99. The Morgan fingerprint density at radius 1 is 1.38 bits per heavy atom. The first-order chi connectivity index (χ1) is 6.16. The van der Waals surface area contributed by atoms with Gasteiger partial charge in [0.15, 0.2) is 0 Å². The van der Waals surface area contributed by atoms with E-state index in [1.807, 2.05) is 0 Å². The lowest BCUT2D eigenvalue weighted by Crippen LogP contribution is -2.36. The van der Waals surface area contributed by atoms with Crippen LogP contribution in [-0.4, -0.2) is 31.9 Å². The van der Waals surface area contributed by atoms with Gasteiger partial charge in [-0.2, -0.15) is 0 Å². The van der Waals surface area contributed by atoms with Crippen molar-refractivity contribution in [2.24, 2.45) is 0 Å². The van der Waals surface area contributed by atoms with Crippen molar-refractivity contribution in [3.63, 3.8) is 0 Å². The monoisotopic (exact) mass is 190 g/mol. The molecule has 74 valence electrons. The fourth-order valence-corrected chi connectivity index (χ4v) is 0.407. The minimum Gasteiger partial charge on any atom is -0.430 e. The molecule has 0 aliphatic carbocycles. The fraction of sp³-hybridized carbons (Fsp3) is 0.500. The van der Waals surface area contributed by atoms with Crippen LogP contribution in [0.1, 0.15) is 6.92 Å². The van der Waals surface area contributed by atoms with E-state index in [1.54, 1.807) is 0 Å². The number of amides is 2. The SMILES string of the molecule is CC(=O)NCNC(=O)OCOC=O. The third-order valence-corrected chi connectivity index (χ3v) is 0.896. The summed E-state index contributed by atoms with van der Waals surface area (Å²) in [5, 5.41) is 4.49. The molecule has 13 heavy (non-hydrogen) atoms. The second kappa shape index (κ2) is 6.89. The van der Waals surface area contributed by atoms with Crippen LogP contribution in [0.2, 0.25) is 0 Å². The number of hydrogen-bond donors (Lipinski definition) is 2. The summed E-state index contributed by atoms with van der Waals surface area (Å²) in [5.74, 6) is -0.274. The van der Waals surface area contributed by atoms with Crippen molar-refractivity contribution in [3.8, 4) is 0 Å². The lowest BCUT2D eigenvalue weighted by atomic mass is 10.7. The summed E-state index contributed by atoms with van der Waals surface area (Å²) < 4.78 is 8.39. The molecule has 0 rings (SSSR count). The van der Waals surface area contributed by atoms with Crippen LogP contribution in [-0.2, 0) is 19.1 Å². The normalized spacial score (nSPS) is 8.38. The Morgan fingerprint density at radius 3 is 2.62 bits per heavy atom. The van der Waals surface area contributed by atoms with Crippen LogP contribution in [0.15, 0.2) is 0 Å². The number of ether oxygens (including phenoxy) is 2. The molecule has 0 aliphatic heterocycles. The van der Waals surface area contributed by atoms with Crippen LogP contribution in [0.25, 0.3) is 0 Å². The first kappa shape index (κ1) is 11.2. The van der Waals surface area contributed by atoms with E-state index in [0.717, 1.165) is 0 Å². The molecular weight excluding hydrogens is 180 g/mol. The molecule has 0 aromatic heterocycles. The second-order valence-corrected chi connectivity index (χ2v) is 1.90. The van der Waals surface area contributed by atoms with Crippen molar-refractivity contribution < 1.29 is 23.9 Å². The molecule has 7 nitrogen and oxygen atoms in total. The van der Waals surface area contributed by atoms with Gasteiger partial charge in [-0.15, -0.1) is 0 Å². The van der Waals surface area contributed by atoms with Crippen LogP contribution in [0.4, 0.5) is 4.79 Å². The van der Waals surface area contributed by atoms with Gasteiger partial charge >= 0.3 is 6.09 Å². The van der Waals surface area contributed by atoms with Gasteiger partial charge in [-0.25, -0.2) is 4.79 Å². The maximum atomic E-state index is 10.6. The highest BCUT2D eigenvalue weighted by atomic mass is 16.7. The summed E-state index contributed by atoms with van der Waals surface area (Å²) >= 11 is 0. The zero-order valence-corrected chi connectivity index (χ0v) is 7.03. The molecule has 0 aliphatic rings. The lowest BCUT2D eigenvalue weighted by Gasteiger charge is -2.05. The molecule has 2 N–H and O–H groups in total. The molecule has 0 bridgehead atoms. The number of hydrogen-bond acceptors (Lipinski definition) is 5. The van der Waals surface area contributed by atoms with Gasteiger partial charge in [0.05, 0.1) is 6.67 Å². The fourth-order valence-electron chi connectivity index (χ4n) is 0.407. The Kier molecular flexibility index (Phi) is 5.94. The van der Waals surface area contributed by atoms with Crippen LogP contribution in [0.3, 0.4) is 0 Å². The van der Waals surface area contributed by atoms with Gasteiger partial charge in [-0.05, 0) is 0 Å². The first-order valence-electron chi connectivity index (χ1n) is 3.37. The average molecular weight is 190 g/mol. The summed E-state index contributed by atoms with van der Waals surface area (Å²) in [6.45, 7) is 0.980. The van der Waals surface area contributed by atoms with Crippen molar-refractivity contribution >= 4 is 18.5 Å². The van der Waals surface area contributed by atoms with E-state index in [9.17, 15) is 14.4 Å². The van der Waals surface area contributed by atoms with E-state index >= 15 is 0 Å². The minimum absolute atomic E-state index is 0.0325. The van der Waals surface area contributed by atoms with Crippen LogP contribution >= 0.6 is 0 Å². The Bertz CT molecular complexity index is 193. The predicted molar refractivity (Wildman–Crippen MR) is 40.3 cm³/mol. The summed E-state index contributed by atoms with van der Waals surface area (Å²) in [4.78, 5) is 30.5. The smallest absolute Gasteiger partial charge is 0.411 e. The first-order valence-corrected chi connectivity index (χ1v) is 3.37. The number of nitrogens with one attached hydrogen (secondary N) is 2. The Balaban J connectivity index is 3.30. The largest absolute Gasteiger partial charge is 0.430 e. The molecule has 0 spiro atoms. The summed E-state index contributed by atoms with van der Waals surface area (Å²) in [7, 11) is 0. The van der Waals surface area contributed by atoms with Gasteiger partial charge < -0.3 is 20.1 Å². The molecule has 0 radical (unpaired) electrons. The number of carbonyl (C=O) groups excluding carboxylic acids is 3. The third kappa shape index (κ3) is 8.11. The average Bonchev–Trinajstić information content (AvgIpc) is 2.04. The van der Waals surface area contributed by atoms with Crippen molar-refractivity contribution in [2.75, 3.05) is 13.5 Å². The third-order valence-electron chi connectivity index (χ3n) is 0.896. The zero-order chi connectivity index (χ0) is 10.1. The topological polar surface area (TPSA) is 93.7 Å². The van der Waals surface area contributed by atoms with Gasteiger partial charge in [0.1, 0.15) is 0 Å². The van der Waals surface area contributed by atoms with Crippen molar-refractivity contribution in [3.05, 3.63) is 0 Å². The van der Waals surface area contributed by atoms with Gasteiger partial charge in [0, 0.05) is 6.92 Å². The van der Waals surface area contributed by atoms with Gasteiger partial charge in [0.2, 0.25) is 12.7 Å². The minimum atomic E-state index is -0.782. The second-order valence-electron chi connectivity index (χ2n) is 1.90. The maximum absolute atomic E-state index is 10.6. The summed E-state index contributed by atoms with van der Waals surface area (Å²) in [6.07, 6.45) is -0.782. The lowest BCUT2D eigenvalue weighted by molar-refractivity contribution is -0.136. The maximum Gasteiger partial charge on any atom is 0.411 e. The van der Waals surface area contributed by atoms with E-state index in [0.29, 0.717) is 0 Å². The van der Waals surface area contributed by atoms with Gasteiger partial charge in [-0.3, -0.25) is 9.59 Å². The summed E-state index contributed by atoms with van der Waals surface area (Å²) in [6, 6.07) is 0. The molecule has 7 heteroatoms. The standard InChI is InChI=1S/C6H10N2O5/c1-5(10)7-2-8-6(11)13-4-12-3-9/h3H,2,4H2,1H3,(H,7,10)(H,8,11).